The molecule has 0 fully saturated rings. The van der Waals surface area contributed by atoms with Gasteiger partial charge in [0.25, 0.3) is 0 Å². The van der Waals surface area contributed by atoms with E-state index in [0.717, 1.165) is 19.4 Å². The van der Waals surface area contributed by atoms with Crippen molar-refractivity contribution in [2.75, 3.05) is 13.7 Å². The van der Waals surface area contributed by atoms with Gasteiger partial charge in [-0.25, -0.2) is 0 Å². The van der Waals surface area contributed by atoms with Crippen LogP contribution in [0.2, 0.25) is 0 Å². The predicted octanol–water partition coefficient (Wildman–Crippen LogP) is 2.55. The number of aromatic amines is 1. The summed E-state index contributed by atoms with van der Waals surface area (Å²) in [6, 6.07) is 11.2. The minimum absolute atomic E-state index is 0.821. The number of nitrogens with one attached hydrogen (secondary N) is 1. The Balaban J connectivity index is 2.11. The molecule has 2 heteroatoms. The lowest BCUT2D eigenvalue weighted by Gasteiger charge is -1.96. The first-order valence-electron chi connectivity index (χ1n) is 4.87. The first kappa shape index (κ1) is 9.28. The van der Waals surface area contributed by atoms with Crippen LogP contribution >= 0.6 is 0 Å². The van der Waals surface area contributed by atoms with Crippen molar-refractivity contribution in [2.24, 2.45) is 0 Å². The Labute approximate surface area is 83.9 Å². The van der Waals surface area contributed by atoms with Crippen LogP contribution in [0.25, 0.3) is 10.9 Å². The smallest absolute Gasteiger partial charge is 0.0465 e. The number of benzene rings is 1. The van der Waals surface area contributed by atoms with Gasteiger partial charge in [-0.15, -0.1) is 0 Å². The number of aryl methyl sites for hydroxylation is 1. The van der Waals surface area contributed by atoms with E-state index < -0.39 is 0 Å². The summed E-state index contributed by atoms with van der Waals surface area (Å²) in [7, 11) is 1.74. The molecule has 1 N–H and O–H groups in total. The maximum atomic E-state index is 5.02. The minimum atomic E-state index is 0.821. The van der Waals surface area contributed by atoms with Gasteiger partial charge in [0.2, 0.25) is 0 Å². The number of ether oxygens (including phenoxy) is 1. The van der Waals surface area contributed by atoms with Crippen LogP contribution in [0.3, 0.4) is 0 Å². The van der Waals surface area contributed by atoms with E-state index in [-0.39, 0.29) is 0 Å². The molecule has 0 atom stereocenters. The number of aromatic nitrogens is 1. The number of methoxy groups -OCH3 is 1. The molecule has 0 amide bonds. The van der Waals surface area contributed by atoms with Crippen LogP contribution in [0.15, 0.2) is 24.3 Å². The zero-order valence-electron chi connectivity index (χ0n) is 8.34. The summed E-state index contributed by atoms with van der Waals surface area (Å²) in [6.45, 7) is 0.821. The van der Waals surface area contributed by atoms with E-state index in [2.05, 4.69) is 23.2 Å². The minimum Gasteiger partial charge on any atom is -0.385 e. The van der Waals surface area contributed by atoms with Crippen molar-refractivity contribution in [2.45, 2.75) is 12.8 Å². The lowest BCUT2D eigenvalue weighted by molar-refractivity contribution is 0.195. The fourth-order valence-electron chi connectivity index (χ4n) is 1.61. The van der Waals surface area contributed by atoms with Gasteiger partial charge in [0.1, 0.15) is 0 Å². The molecule has 1 aromatic heterocycles. The molecule has 0 unspecified atom stereocenters. The van der Waals surface area contributed by atoms with Crippen LogP contribution in [0.1, 0.15) is 12.1 Å². The lowest BCUT2D eigenvalue weighted by Crippen LogP contribution is -1.92. The standard InChI is InChI=1S/C12H14NO/c1-14-8-4-6-11-9-10-5-2-3-7-12(10)13-11/h3,5,7,9,13H,4,6,8H2,1H3. The van der Waals surface area contributed by atoms with Gasteiger partial charge in [0.15, 0.2) is 0 Å². The Kier molecular flexibility index (Phi) is 2.84. The van der Waals surface area contributed by atoms with Gasteiger partial charge in [-0.05, 0) is 37.1 Å². The largest absolute Gasteiger partial charge is 0.385 e. The van der Waals surface area contributed by atoms with Crippen LogP contribution < -0.4 is 0 Å². The van der Waals surface area contributed by atoms with Gasteiger partial charge in [0.05, 0.1) is 0 Å². The first-order valence-corrected chi connectivity index (χ1v) is 4.87. The molecule has 73 valence electrons. The molecule has 1 aromatic carbocycles. The van der Waals surface area contributed by atoms with E-state index in [1.165, 1.54) is 16.6 Å². The van der Waals surface area contributed by atoms with Crippen molar-refractivity contribution in [3.8, 4) is 0 Å². The maximum Gasteiger partial charge on any atom is 0.0465 e. The molecule has 0 saturated carbocycles. The Morgan fingerprint density at radius 1 is 1.50 bits per heavy atom. The third kappa shape index (κ3) is 1.96. The molecule has 14 heavy (non-hydrogen) atoms. The number of hydrogen-bond donors (Lipinski definition) is 1. The quantitative estimate of drug-likeness (QED) is 0.733. The molecule has 0 saturated heterocycles. The van der Waals surface area contributed by atoms with Gasteiger partial charge in [-0.3, -0.25) is 0 Å². The number of H-pyrrole nitrogens is 1. The summed E-state index contributed by atoms with van der Waals surface area (Å²) in [4.78, 5) is 3.38. The second-order valence-electron chi connectivity index (χ2n) is 3.40. The van der Waals surface area contributed by atoms with E-state index >= 15 is 0 Å². The van der Waals surface area contributed by atoms with Crippen molar-refractivity contribution in [1.29, 1.82) is 0 Å². The molecule has 2 rings (SSSR count). The Morgan fingerprint density at radius 2 is 2.43 bits per heavy atom. The van der Waals surface area contributed by atoms with E-state index in [9.17, 15) is 0 Å². The first-order chi connectivity index (χ1) is 6.90. The molecule has 1 radical (unpaired) electrons. The summed E-state index contributed by atoms with van der Waals surface area (Å²) >= 11 is 0. The van der Waals surface area contributed by atoms with Crippen LogP contribution in [0, 0.1) is 6.07 Å². The highest BCUT2D eigenvalue weighted by Gasteiger charge is 1.98. The average molecular weight is 188 g/mol. The molecular weight excluding hydrogens is 174 g/mol. The molecule has 0 aliphatic carbocycles. The van der Waals surface area contributed by atoms with E-state index in [1.807, 2.05) is 12.1 Å². The van der Waals surface area contributed by atoms with Gasteiger partial charge in [-0.1, -0.05) is 6.07 Å². The lowest BCUT2D eigenvalue weighted by atomic mass is 10.2. The fourth-order valence-corrected chi connectivity index (χ4v) is 1.61. The third-order valence-corrected chi connectivity index (χ3v) is 2.32. The highest BCUT2D eigenvalue weighted by atomic mass is 16.5. The summed E-state index contributed by atoms with van der Waals surface area (Å²) in [5.41, 5.74) is 2.47. The molecule has 0 aliphatic rings. The third-order valence-electron chi connectivity index (χ3n) is 2.32. The monoisotopic (exact) mass is 188 g/mol. The topological polar surface area (TPSA) is 25.0 Å². The maximum absolute atomic E-state index is 5.02. The summed E-state index contributed by atoms with van der Waals surface area (Å²) in [6.07, 6.45) is 2.11. The van der Waals surface area contributed by atoms with Crippen molar-refractivity contribution >= 4 is 10.9 Å². The Bertz CT molecular complexity index is 372. The molecule has 0 spiro atoms. The Morgan fingerprint density at radius 3 is 3.21 bits per heavy atom. The van der Waals surface area contributed by atoms with Crippen molar-refractivity contribution in [3.05, 3.63) is 36.0 Å². The predicted molar refractivity (Wildman–Crippen MR) is 57.3 cm³/mol. The number of hydrogen-bond acceptors (Lipinski definition) is 1. The average Bonchev–Trinajstić information content (AvgIpc) is 2.60. The van der Waals surface area contributed by atoms with E-state index in [1.54, 1.807) is 7.11 Å². The van der Waals surface area contributed by atoms with Crippen LogP contribution in [0.4, 0.5) is 0 Å². The zero-order valence-corrected chi connectivity index (χ0v) is 8.34. The van der Waals surface area contributed by atoms with Gasteiger partial charge in [-0.2, -0.15) is 0 Å². The highest BCUT2D eigenvalue weighted by molar-refractivity contribution is 5.79. The van der Waals surface area contributed by atoms with Crippen LogP contribution in [-0.2, 0) is 11.2 Å². The molecule has 0 bridgehead atoms. The summed E-state index contributed by atoms with van der Waals surface area (Å²) in [5.74, 6) is 0. The van der Waals surface area contributed by atoms with Gasteiger partial charge >= 0.3 is 0 Å². The fraction of sp³-hybridized carbons (Fsp3) is 0.333. The van der Waals surface area contributed by atoms with Crippen LogP contribution in [-0.4, -0.2) is 18.7 Å². The van der Waals surface area contributed by atoms with E-state index in [0.29, 0.717) is 0 Å². The molecular formula is C12H14NO. The number of rotatable bonds is 4. The van der Waals surface area contributed by atoms with E-state index in [4.69, 9.17) is 4.74 Å². The number of fused-ring (bicyclic) bond motifs is 1. The summed E-state index contributed by atoms with van der Waals surface area (Å²) in [5, 5.41) is 1.24. The van der Waals surface area contributed by atoms with Crippen molar-refractivity contribution in [3.63, 3.8) is 0 Å². The zero-order chi connectivity index (χ0) is 9.80. The molecule has 2 aromatic rings. The summed E-state index contributed by atoms with van der Waals surface area (Å²) < 4.78 is 5.02. The van der Waals surface area contributed by atoms with Crippen LogP contribution in [0.5, 0.6) is 0 Å². The molecule has 0 aliphatic heterocycles. The van der Waals surface area contributed by atoms with Gasteiger partial charge in [0, 0.05) is 30.3 Å². The van der Waals surface area contributed by atoms with Gasteiger partial charge < -0.3 is 9.72 Å². The second-order valence-corrected chi connectivity index (χ2v) is 3.40. The molecule has 2 nitrogen and oxygen atoms in total. The SMILES string of the molecule is COCCCc1cc2c[c]ccc2[nH]1. The normalized spacial score (nSPS) is 10.9. The van der Waals surface area contributed by atoms with Crippen molar-refractivity contribution in [1.82, 2.24) is 4.98 Å². The Hall–Kier alpha value is -1.28. The molecule has 1 heterocycles. The van der Waals surface area contributed by atoms with Crippen molar-refractivity contribution < 1.29 is 4.74 Å². The second kappa shape index (κ2) is 4.29. The highest BCUT2D eigenvalue weighted by Crippen LogP contribution is 2.15.